The number of benzene rings is 1. The molecule has 0 bridgehead atoms. The van der Waals surface area contributed by atoms with Crippen LogP contribution in [0, 0.1) is 0 Å². The van der Waals surface area contributed by atoms with E-state index in [1.54, 1.807) is 39.1 Å². The van der Waals surface area contributed by atoms with Crippen LogP contribution in [0.4, 0.5) is 10.5 Å². The summed E-state index contributed by atoms with van der Waals surface area (Å²) in [6.07, 6.45) is 1.42. The summed E-state index contributed by atoms with van der Waals surface area (Å²) in [5, 5.41) is 3.54. The lowest BCUT2D eigenvalue weighted by Gasteiger charge is -2.19. The van der Waals surface area contributed by atoms with Gasteiger partial charge in [0.25, 0.3) is 0 Å². The Hall–Kier alpha value is -2.50. The van der Waals surface area contributed by atoms with Crippen molar-refractivity contribution in [3.8, 4) is 0 Å². The van der Waals surface area contributed by atoms with Gasteiger partial charge in [0.1, 0.15) is 5.60 Å². The Bertz CT molecular complexity index is 698. The van der Waals surface area contributed by atoms with Gasteiger partial charge in [0.05, 0.1) is 13.5 Å². The van der Waals surface area contributed by atoms with Crippen LogP contribution in [0.1, 0.15) is 26.3 Å². The first kappa shape index (κ1) is 15.9. The average molecular weight is 304 g/mol. The van der Waals surface area contributed by atoms with Crippen LogP contribution in [0.5, 0.6) is 0 Å². The third kappa shape index (κ3) is 4.00. The van der Waals surface area contributed by atoms with Gasteiger partial charge in [0, 0.05) is 22.8 Å². The van der Waals surface area contributed by atoms with Crippen molar-refractivity contribution < 1.29 is 19.1 Å². The van der Waals surface area contributed by atoms with Gasteiger partial charge in [-0.15, -0.1) is 0 Å². The van der Waals surface area contributed by atoms with Crippen LogP contribution in [0.15, 0.2) is 24.4 Å². The molecule has 22 heavy (non-hydrogen) atoms. The Morgan fingerprint density at radius 3 is 2.64 bits per heavy atom. The van der Waals surface area contributed by atoms with Gasteiger partial charge in [0.15, 0.2) is 0 Å². The minimum Gasteiger partial charge on any atom is -0.469 e. The van der Waals surface area contributed by atoms with Gasteiger partial charge in [0.2, 0.25) is 0 Å². The quantitative estimate of drug-likeness (QED) is 0.853. The SMILES string of the molecule is COC(=O)Cc1c[nH]c2ccc(NC(=O)OC(C)(C)C)cc12. The van der Waals surface area contributed by atoms with Crippen molar-refractivity contribution in [3.05, 3.63) is 30.0 Å². The molecule has 1 aromatic heterocycles. The molecule has 0 saturated heterocycles. The molecule has 0 aliphatic heterocycles. The molecule has 0 aliphatic carbocycles. The molecule has 0 saturated carbocycles. The van der Waals surface area contributed by atoms with E-state index in [-0.39, 0.29) is 12.4 Å². The summed E-state index contributed by atoms with van der Waals surface area (Å²) in [6, 6.07) is 5.40. The fourth-order valence-electron chi connectivity index (χ4n) is 2.05. The molecular formula is C16H20N2O4. The minimum absolute atomic E-state index is 0.173. The van der Waals surface area contributed by atoms with E-state index >= 15 is 0 Å². The minimum atomic E-state index is -0.557. The maximum atomic E-state index is 11.8. The first-order valence-corrected chi connectivity index (χ1v) is 6.95. The summed E-state index contributed by atoms with van der Waals surface area (Å²) in [6.45, 7) is 5.41. The summed E-state index contributed by atoms with van der Waals surface area (Å²) in [5.74, 6) is -0.314. The number of aromatic amines is 1. The molecular weight excluding hydrogens is 284 g/mol. The predicted octanol–water partition coefficient (Wildman–Crippen LogP) is 3.23. The smallest absolute Gasteiger partial charge is 0.412 e. The Kier molecular flexibility index (Phi) is 4.40. The monoisotopic (exact) mass is 304 g/mol. The zero-order valence-electron chi connectivity index (χ0n) is 13.1. The standard InChI is InChI=1S/C16H20N2O4/c1-16(2,3)22-15(20)18-11-5-6-13-12(8-11)10(9-17-13)7-14(19)21-4/h5-6,8-9,17H,7H2,1-4H3,(H,18,20). The number of fused-ring (bicyclic) bond motifs is 1. The topological polar surface area (TPSA) is 80.4 Å². The van der Waals surface area contributed by atoms with Crippen LogP contribution in [0.3, 0.4) is 0 Å². The fourth-order valence-corrected chi connectivity index (χ4v) is 2.05. The highest BCUT2D eigenvalue weighted by Gasteiger charge is 2.16. The highest BCUT2D eigenvalue weighted by atomic mass is 16.6. The first-order chi connectivity index (χ1) is 10.3. The third-order valence-electron chi connectivity index (χ3n) is 2.98. The number of carbonyl (C=O) groups excluding carboxylic acids is 2. The summed E-state index contributed by atoms with van der Waals surface area (Å²) < 4.78 is 9.89. The number of nitrogens with one attached hydrogen (secondary N) is 2. The molecule has 1 heterocycles. The Morgan fingerprint density at radius 2 is 2.00 bits per heavy atom. The highest BCUT2D eigenvalue weighted by Crippen LogP contribution is 2.23. The maximum absolute atomic E-state index is 11.8. The molecule has 0 fully saturated rings. The number of aromatic nitrogens is 1. The fraction of sp³-hybridized carbons (Fsp3) is 0.375. The zero-order chi connectivity index (χ0) is 16.3. The summed E-state index contributed by atoms with van der Waals surface area (Å²) >= 11 is 0. The second kappa shape index (κ2) is 6.09. The number of hydrogen-bond donors (Lipinski definition) is 2. The van der Waals surface area contributed by atoms with Crippen molar-refractivity contribution in [1.82, 2.24) is 4.98 Å². The second-order valence-corrected chi connectivity index (χ2v) is 5.95. The van der Waals surface area contributed by atoms with Crippen LogP contribution >= 0.6 is 0 Å². The van der Waals surface area contributed by atoms with E-state index in [2.05, 4.69) is 15.0 Å². The summed E-state index contributed by atoms with van der Waals surface area (Å²) in [7, 11) is 1.35. The largest absolute Gasteiger partial charge is 0.469 e. The van der Waals surface area contributed by atoms with Gasteiger partial charge < -0.3 is 14.5 Å². The number of carbonyl (C=O) groups is 2. The number of ether oxygens (including phenoxy) is 2. The van der Waals surface area contributed by atoms with Gasteiger partial charge in [-0.25, -0.2) is 4.79 Å². The van der Waals surface area contributed by atoms with E-state index in [0.717, 1.165) is 16.5 Å². The van der Waals surface area contributed by atoms with E-state index in [9.17, 15) is 9.59 Å². The summed E-state index contributed by atoms with van der Waals surface area (Å²) in [5.41, 5.74) is 1.74. The Balaban J connectivity index is 2.20. The number of amides is 1. The number of anilines is 1. The average Bonchev–Trinajstić information content (AvgIpc) is 2.79. The molecule has 6 heteroatoms. The van der Waals surface area contributed by atoms with E-state index in [0.29, 0.717) is 5.69 Å². The van der Waals surface area contributed by atoms with Gasteiger partial charge in [-0.3, -0.25) is 10.1 Å². The van der Waals surface area contributed by atoms with Crippen molar-refractivity contribution in [2.75, 3.05) is 12.4 Å². The molecule has 6 nitrogen and oxygen atoms in total. The molecule has 1 amide bonds. The van der Waals surface area contributed by atoms with Crippen LogP contribution < -0.4 is 5.32 Å². The number of esters is 1. The molecule has 0 spiro atoms. The molecule has 0 radical (unpaired) electrons. The van der Waals surface area contributed by atoms with Crippen molar-refractivity contribution >= 4 is 28.7 Å². The lowest BCUT2D eigenvalue weighted by molar-refractivity contribution is -0.139. The normalized spacial score (nSPS) is 11.3. The van der Waals surface area contributed by atoms with E-state index in [1.165, 1.54) is 7.11 Å². The van der Waals surface area contributed by atoms with Crippen molar-refractivity contribution in [2.24, 2.45) is 0 Å². The van der Waals surface area contributed by atoms with Gasteiger partial charge in [-0.05, 0) is 44.5 Å². The number of methoxy groups -OCH3 is 1. The van der Waals surface area contributed by atoms with E-state index < -0.39 is 11.7 Å². The number of hydrogen-bond acceptors (Lipinski definition) is 4. The Morgan fingerprint density at radius 1 is 1.27 bits per heavy atom. The second-order valence-electron chi connectivity index (χ2n) is 5.95. The molecule has 2 N–H and O–H groups in total. The zero-order valence-corrected chi connectivity index (χ0v) is 13.1. The summed E-state index contributed by atoms with van der Waals surface area (Å²) in [4.78, 5) is 26.3. The molecule has 0 atom stereocenters. The van der Waals surface area contributed by atoms with Crippen LogP contribution in [-0.2, 0) is 20.7 Å². The molecule has 1 aromatic carbocycles. The van der Waals surface area contributed by atoms with Crippen molar-refractivity contribution in [2.45, 2.75) is 32.8 Å². The first-order valence-electron chi connectivity index (χ1n) is 6.95. The Labute approximate surface area is 128 Å². The van der Waals surface area contributed by atoms with Crippen LogP contribution in [0.2, 0.25) is 0 Å². The van der Waals surface area contributed by atoms with Crippen molar-refractivity contribution in [1.29, 1.82) is 0 Å². The van der Waals surface area contributed by atoms with Crippen LogP contribution in [-0.4, -0.2) is 29.8 Å². The maximum Gasteiger partial charge on any atom is 0.412 e. The molecule has 0 unspecified atom stereocenters. The lowest BCUT2D eigenvalue weighted by Crippen LogP contribution is -2.27. The van der Waals surface area contributed by atoms with E-state index in [1.807, 2.05) is 6.07 Å². The number of rotatable bonds is 3. The highest BCUT2D eigenvalue weighted by molar-refractivity contribution is 5.93. The lowest BCUT2D eigenvalue weighted by atomic mass is 10.1. The molecule has 2 rings (SSSR count). The van der Waals surface area contributed by atoms with E-state index in [4.69, 9.17) is 4.74 Å². The third-order valence-corrected chi connectivity index (χ3v) is 2.98. The number of H-pyrrole nitrogens is 1. The molecule has 118 valence electrons. The molecule has 2 aromatic rings. The van der Waals surface area contributed by atoms with Crippen molar-refractivity contribution in [3.63, 3.8) is 0 Å². The van der Waals surface area contributed by atoms with Gasteiger partial charge >= 0.3 is 12.1 Å². The van der Waals surface area contributed by atoms with Gasteiger partial charge in [-0.2, -0.15) is 0 Å². The van der Waals surface area contributed by atoms with Crippen LogP contribution in [0.25, 0.3) is 10.9 Å². The molecule has 0 aliphatic rings. The van der Waals surface area contributed by atoms with Gasteiger partial charge in [-0.1, -0.05) is 0 Å². The predicted molar refractivity (Wildman–Crippen MR) is 83.9 cm³/mol.